The Morgan fingerprint density at radius 1 is 1.43 bits per heavy atom. The van der Waals surface area contributed by atoms with E-state index in [9.17, 15) is 9.90 Å². The highest BCUT2D eigenvalue weighted by molar-refractivity contribution is 7.71. The Balaban J connectivity index is 1.86. The van der Waals surface area contributed by atoms with Gasteiger partial charge in [-0.3, -0.25) is 19.4 Å². The van der Waals surface area contributed by atoms with E-state index in [1.165, 1.54) is 11.1 Å². The van der Waals surface area contributed by atoms with Crippen molar-refractivity contribution in [2.45, 2.75) is 18.9 Å². The number of piperazine rings is 1. The molecule has 0 spiro atoms. The molecule has 8 heteroatoms. The molecular weight excluding hydrogens is 290 g/mol. The second kappa shape index (κ2) is 5.61. The van der Waals surface area contributed by atoms with Gasteiger partial charge in [0.15, 0.2) is 4.77 Å². The van der Waals surface area contributed by atoms with Gasteiger partial charge in [0.1, 0.15) is 5.56 Å². The standard InChI is InChI=1S/C13H19N5O2S/c1-16-4-6-17(7-5-16)14-8-10-11(19)15-13(21)18(12(10)20)9-2-3-9/h8-9,20H,2-7H2,1H3,(H,15,19,21)/p+1/b14-8+. The average molecular weight is 310 g/mol. The highest BCUT2D eigenvalue weighted by Crippen LogP contribution is 2.37. The van der Waals surface area contributed by atoms with Crippen LogP contribution in [0.2, 0.25) is 0 Å². The summed E-state index contributed by atoms with van der Waals surface area (Å²) in [4.78, 5) is 16.1. The van der Waals surface area contributed by atoms with Crippen LogP contribution in [-0.2, 0) is 0 Å². The van der Waals surface area contributed by atoms with E-state index in [2.05, 4.69) is 17.1 Å². The summed E-state index contributed by atoms with van der Waals surface area (Å²) >= 11 is 5.11. The van der Waals surface area contributed by atoms with Crippen molar-refractivity contribution in [2.24, 2.45) is 5.10 Å². The Bertz CT molecular complexity index is 668. The molecule has 2 aliphatic rings. The molecule has 1 aromatic heterocycles. The molecule has 2 fully saturated rings. The summed E-state index contributed by atoms with van der Waals surface area (Å²) in [5, 5.41) is 16.5. The van der Waals surface area contributed by atoms with Gasteiger partial charge in [0.25, 0.3) is 5.56 Å². The first-order valence-electron chi connectivity index (χ1n) is 7.24. The van der Waals surface area contributed by atoms with Crippen molar-refractivity contribution in [1.29, 1.82) is 0 Å². The summed E-state index contributed by atoms with van der Waals surface area (Å²) in [6.45, 7) is 3.74. The zero-order chi connectivity index (χ0) is 15.0. The number of hydrogen-bond donors (Lipinski definition) is 3. The first-order valence-corrected chi connectivity index (χ1v) is 7.65. The second-order valence-electron chi connectivity index (χ2n) is 5.75. The zero-order valence-electron chi connectivity index (χ0n) is 12.0. The number of rotatable bonds is 3. The molecule has 1 saturated heterocycles. The first-order chi connectivity index (χ1) is 10.1. The number of hydrazone groups is 1. The summed E-state index contributed by atoms with van der Waals surface area (Å²) < 4.78 is 1.90. The summed E-state index contributed by atoms with van der Waals surface area (Å²) in [5.74, 6) is -0.0743. The van der Waals surface area contributed by atoms with E-state index in [1.807, 2.05) is 5.01 Å². The van der Waals surface area contributed by atoms with E-state index in [4.69, 9.17) is 12.2 Å². The first kappa shape index (κ1) is 14.3. The highest BCUT2D eigenvalue weighted by Gasteiger charge is 2.28. The molecule has 0 radical (unpaired) electrons. The molecule has 0 atom stereocenters. The fourth-order valence-corrected chi connectivity index (χ4v) is 2.80. The smallest absolute Gasteiger partial charge is 0.264 e. The Morgan fingerprint density at radius 2 is 2.10 bits per heavy atom. The molecule has 1 aliphatic heterocycles. The average Bonchev–Trinajstić information content (AvgIpc) is 3.25. The number of nitrogens with one attached hydrogen (secondary N) is 2. The molecule has 0 unspecified atom stereocenters. The van der Waals surface area contributed by atoms with Gasteiger partial charge in [0.2, 0.25) is 5.88 Å². The largest absolute Gasteiger partial charge is 0.494 e. The number of aromatic hydroxyl groups is 1. The maximum Gasteiger partial charge on any atom is 0.264 e. The molecule has 2 heterocycles. The third kappa shape index (κ3) is 3.01. The van der Waals surface area contributed by atoms with Gasteiger partial charge in [-0.2, -0.15) is 5.10 Å². The van der Waals surface area contributed by atoms with Crippen molar-refractivity contribution in [3.8, 4) is 5.88 Å². The third-order valence-electron chi connectivity index (χ3n) is 4.01. The number of hydrogen-bond acceptors (Lipinski definition) is 5. The Morgan fingerprint density at radius 3 is 2.71 bits per heavy atom. The van der Waals surface area contributed by atoms with Crippen LogP contribution in [-0.4, -0.2) is 59.1 Å². The summed E-state index contributed by atoms with van der Waals surface area (Å²) in [6, 6.07) is 0.203. The van der Waals surface area contributed by atoms with Gasteiger partial charge >= 0.3 is 0 Å². The van der Waals surface area contributed by atoms with Crippen LogP contribution in [0.1, 0.15) is 24.4 Å². The zero-order valence-corrected chi connectivity index (χ0v) is 12.8. The predicted octanol–water partition coefficient (Wildman–Crippen LogP) is -0.889. The predicted molar refractivity (Wildman–Crippen MR) is 81.6 cm³/mol. The van der Waals surface area contributed by atoms with Crippen LogP contribution in [0.3, 0.4) is 0 Å². The summed E-state index contributed by atoms with van der Waals surface area (Å²) in [6.07, 6.45) is 3.40. The lowest BCUT2D eigenvalue weighted by atomic mass is 10.3. The summed E-state index contributed by atoms with van der Waals surface area (Å²) in [5.41, 5.74) is -0.209. The van der Waals surface area contributed by atoms with Crippen molar-refractivity contribution >= 4 is 18.4 Å². The van der Waals surface area contributed by atoms with Crippen molar-refractivity contribution in [1.82, 2.24) is 14.6 Å². The third-order valence-corrected chi connectivity index (χ3v) is 4.31. The van der Waals surface area contributed by atoms with E-state index in [1.54, 1.807) is 4.57 Å². The lowest BCUT2D eigenvalue weighted by Gasteiger charge is -2.27. The Labute approximate surface area is 127 Å². The number of aromatic amines is 1. The van der Waals surface area contributed by atoms with Crippen LogP contribution in [0.5, 0.6) is 5.88 Å². The van der Waals surface area contributed by atoms with Crippen LogP contribution in [0, 0.1) is 4.77 Å². The Hall–Kier alpha value is -1.67. The van der Waals surface area contributed by atoms with Crippen LogP contribution < -0.4 is 10.5 Å². The molecule has 0 amide bonds. The van der Waals surface area contributed by atoms with Crippen LogP contribution >= 0.6 is 12.2 Å². The molecule has 3 rings (SSSR count). The van der Waals surface area contributed by atoms with Gasteiger partial charge in [0.05, 0.1) is 39.4 Å². The minimum absolute atomic E-state index is 0.0743. The van der Waals surface area contributed by atoms with E-state index < -0.39 is 5.56 Å². The minimum Gasteiger partial charge on any atom is -0.494 e. The van der Waals surface area contributed by atoms with Gasteiger partial charge in [-0.25, -0.2) is 0 Å². The minimum atomic E-state index is -0.391. The molecule has 114 valence electrons. The maximum atomic E-state index is 12.0. The Kier molecular flexibility index (Phi) is 3.81. The molecule has 3 N–H and O–H groups in total. The summed E-state index contributed by atoms with van der Waals surface area (Å²) in [7, 11) is 2.15. The van der Waals surface area contributed by atoms with Crippen LogP contribution in [0.4, 0.5) is 0 Å². The highest BCUT2D eigenvalue weighted by atomic mass is 32.1. The number of aromatic nitrogens is 2. The molecular formula is C13H20N5O2S+. The molecule has 21 heavy (non-hydrogen) atoms. The monoisotopic (exact) mass is 310 g/mol. The van der Waals surface area contributed by atoms with Gasteiger partial charge < -0.3 is 10.0 Å². The number of likely N-dealkylation sites (N-methyl/N-ethyl adjacent to an activating group) is 1. The van der Waals surface area contributed by atoms with E-state index in [-0.39, 0.29) is 22.3 Å². The maximum absolute atomic E-state index is 12.0. The van der Waals surface area contributed by atoms with E-state index in [0.29, 0.717) is 0 Å². The second-order valence-corrected chi connectivity index (χ2v) is 6.14. The van der Waals surface area contributed by atoms with Crippen LogP contribution in [0.15, 0.2) is 9.90 Å². The van der Waals surface area contributed by atoms with E-state index in [0.717, 1.165) is 39.0 Å². The van der Waals surface area contributed by atoms with Crippen molar-refractivity contribution < 1.29 is 10.0 Å². The van der Waals surface area contributed by atoms with E-state index >= 15 is 0 Å². The molecule has 7 nitrogen and oxygen atoms in total. The molecule has 1 saturated carbocycles. The quantitative estimate of drug-likeness (QED) is 0.500. The normalized spacial score (nSPS) is 20.3. The fourth-order valence-electron chi connectivity index (χ4n) is 2.47. The number of H-pyrrole nitrogens is 1. The van der Waals surface area contributed by atoms with Crippen molar-refractivity contribution in [2.75, 3.05) is 33.2 Å². The molecule has 0 aromatic carbocycles. The molecule has 1 aromatic rings. The van der Waals surface area contributed by atoms with Gasteiger partial charge in [-0.05, 0) is 25.1 Å². The molecule has 1 aliphatic carbocycles. The molecule has 0 bridgehead atoms. The SMILES string of the molecule is C[NH+]1CCN(/N=C/c2c(O)n(C3CC3)c(=S)[nH]c2=O)CC1. The van der Waals surface area contributed by atoms with Crippen LogP contribution in [0.25, 0.3) is 0 Å². The van der Waals surface area contributed by atoms with Gasteiger partial charge in [-0.15, -0.1) is 0 Å². The lowest BCUT2D eigenvalue weighted by Crippen LogP contribution is -3.11. The van der Waals surface area contributed by atoms with Gasteiger partial charge in [0, 0.05) is 6.04 Å². The van der Waals surface area contributed by atoms with Crippen molar-refractivity contribution in [3.63, 3.8) is 0 Å². The topological polar surface area (TPSA) is 78.1 Å². The van der Waals surface area contributed by atoms with Gasteiger partial charge in [-0.1, -0.05) is 0 Å². The number of nitrogens with zero attached hydrogens (tertiary/aromatic N) is 3. The lowest BCUT2D eigenvalue weighted by molar-refractivity contribution is -0.884. The van der Waals surface area contributed by atoms with Crippen molar-refractivity contribution in [3.05, 3.63) is 20.7 Å². The fraction of sp³-hybridized carbons (Fsp3) is 0.615. The number of quaternary nitrogens is 1.